The van der Waals surface area contributed by atoms with Crippen molar-refractivity contribution < 1.29 is 14.3 Å². The summed E-state index contributed by atoms with van der Waals surface area (Å²) in [7, 11) is 0. The molecule has 3 aliphatic heterocycles. The molecule has 0 aliphatic carbocycles. The molecule has 6 rings (SSSR count). The van der Waals surface area contributed by atoms with Gasteiger partial charge < -0.3 is 14.5 Å². The van der Waals surface area contributed by atoms with Crippen LogP contribution in [0.4, 0.5) is 0 Å². The molecule has 0 radical (unpaired) electrons. The number of hydrogen-bond acceptors (Lipinski definition) is 6. The summed E-state index contributed by atoms with van der Waals surface area (Å²) in [5.74, 6) is 1.10. The van der Waals surface area contributed by atoms with Crippen LogP contribution in [-0.4, -0.2) is 63.4 Å². The molecular formula is C31H38N4O4S. The highest BCUT2D eigenvalue weighted by Gasteiger charge is 2.46. The van der Waals surface area contributed by atoms with Crippen molar-refractivity contribution in [2.24, 2.45) is 5.41 Å². The van der Waals surface area contributed by atoms with E-state index in [1.165, 1.54) is 27.8 Å². The van der Waals surface area contributed by atoms with E-state index in [-0.39, 0.29) is 30.0 Å². The first kappa shape index (κ1) is 27.0. The minimum atomic E-state index is -0.442. The van der Waals surface area contributed by atoms with Gasteiger partial charge in [0.2, 0.25) is 11.8 Å². The highest BCUT2D eigenvalue weighted by Crippen LogP contribution is 2.41. The highest BCUT2D eigenvalue weighted by atomic mass is 32.1. The molecule has 1 atom stereocenters. The lowest BCUT2D eigenvalue weighted by Crippen LogP contribution is -2.53. The molecule has 0 saturated carbocycles. The van der Waals surface area contributed by atoms with E-state index in [1.54, 1.807) is 0 Å². The van der Waals surface area contributed by atoms with Crippen molar-refractivity contribution in [3.8, 4) is 5.75 Å². The summed E-state index contributed by atoms with van der Waals surface area (Å²) >= 11 is 1.53. The van der Waals surface area contributed by atoms with Gasteiger partial charge in [0, 0.05) is 24.5 Å². The number of carbonyl (C=O) groups is 2. The summed E-state index contributed by atoms with van der Waals surface area (Å²) in [5, 5.41) is 0.584. The molecule has 0 N–H and O–H groups in total. The number of piperidine rings is 1. The quantitative estimate of drug-likeness (QED) is 0.472. The molecule has 2 aromatic heterocycles. The number of nitrogens with zero attached hydrogens (tertiary/aromatic N) is 4. The summed E-state index contributed by atoms with van der Waals surface area (Å²) in [5.41, 5.74) is 0.633. The zero-order chi connectivity index (χ0) is 27.7. The Morgan fingerprint density at radius 2 is 1.93 bits per heavy atom. The summed E-state index contributed by atoms with van der Waals surface area (Å²) in [6.45, 7) is 4.40. The Bertz CT molecular complexity index is 1460. The van der Waals surface area contributed by atoms with Crippen molar-refractivity contribution in [3.63, 3.8) is 0 Å². The van der Waals surface area contributed by atoms with E-state index >= 15 is 0 Å². The van der Waals surface area contributed by atoms with E-state index < -0.39 is 5.41 Å². The number of carbonyl (C=O) groups excluding carboxylic acids is 2. The Labute approximate surface area is 238 Å². The van der Waals surface area contributed by atoms with E-state index in [4.69, 9.17) is 4.74 Å². The lowest BCUT2D eigenvalue weighted by atomic mass is 9.73. The molecule has 3 aromatic rings. The van der Waals surface area contributed by atoms with Gasteiger partial charge in [-0.05, 0) is 69.1 Å². The Hall–Kier alpha value is -3.20. The van der Waals surface area contributed by atoms with Gasteiger partial charge in [-0.25, -0.2) is 4.98 Å². The first-order valence-electron chi connectivity index (χ1n) is 14.7. The van der Waals surface area contributed by atoms with Gasteiger partial charge in [0.15, 0.2) is 0 Å². The Morgan fingerprint density at radius 3 is 2.75 bits per heavy atom. The van der Waals surface area contributed by atoms with E-state index in [9.17, 15) is 14.4 Å². The van der Waals surface area contributed by atoms with Crippen molar-refractivity contribution in [2.45, 2.75) is 77.3 Å². The maximum absolute atomic E-state index is 14.1. The predicted octanol–water partition coefficient (Wildman–Crippen LogP) is 4.43. The van der Waals surface area contributed by atoms with Crippen molar-refractivity contribution in [3.05, 3.63) is 57.5 Å². The van der Waals surface area contributed by atoms with Gasteiger partial charge in [0.05, 0.1) is 23.2 Å². The Balaban J connectivity index is 1.16. The first-order chi connectivity index (χ1) is 19.5. The zero-order valence-corrected chi connectivity index (χ0v) is 24.1. The molecule has 212 valence electrons. The number of para-hydroxylation sites is 1. The molecule has 40 heavy (non-hydrogen) atoms. The average molecular weight is 563 g/mol. The number of aryl methyl sites for hydroxylation is 2. The van der Waals surface area contributed by atoms with Gasteiger partial charge in [-0.1, -0.05) is 31.5 Å². The van der Waals surface area contributed by atoms with Crippen LogP contribution in [0.1, 0.15) is 62.3 Å². The third-order valence-electron chi connectivity index (χ3n) is 9.14. The molecule has 1 aromatic carbocycles. The van der Waals surface area contributed by atoms with Crippen molar-refractivity contribution in [1.29, 1.82) is 0 Å². The number of ether oxygens (including phenoxy) is 1. The Morgan fingerprint density at radius 1 is 1.10 bits per heavy atom. The number of likely N-dealkylation sites (tertiary alicyclic amines) is 1. The SMILES string of the molecule is CCc1cc2c(=O)n(CC(=O)N3CCC4(CCCCc5ccccc5OC[C@@H]5CCCN5C4=O)CC3)cnc2s1. The third kappa shape index (κ3) is 5.16. The van der Waals surface area contributed by atoms with Crippen LogP contribution in [0.5, 0.6) is 5.75 Å². The second kappa shape index (κ2) is 11.4. The standard InChI is InChI=1S/C31H38N4O4S/c1-2-24-18-25-28(40-24)32-21-34(29(25)37)19-27(36)33-16-13-31(14-17-33)12-6-5-9-22-8-3-4-11-26(22)39-20-23-10-7-15-35(23)30(31)38/h3-4,8,11,18,21,23H,2,5-7,9-10,12-17,19-20H2,1H3/t23-/m0/s1. The predicted molar refractivity (Wildman–Crippen MR) is 156 cm³/mol. The molecule has 2 fully saturated rings. The van der Waals surface area contributed by atoms with Crippen LogP contribution < -0.4 is 10.3 Å². The number of fused-ring (bicyclic) bond motifs is 3. The third-order valence-corrected chi connectivity index (χ3v) is 10.3. The van der Waals surface area contributed by atoms with Crippen molar-refractivity contribution >= 4 is 33.4 Å². The van der Waals surface area contributed by atoms with E-state index in [2.05, 4.69) is 28.9 Å². The highest BCUT2D eigenvalue weighted by molar-refractivity contribution is 7.18. The van der Waals surface area contributed by atoms with Crippen LogP contribution in [-0.2, 0) is 29.0 Å². The number of benzene rings is 1. The summed E-state index contributed by atoms with van der Waals surface area (Å²) < 4.78 is 7.69. The maximum Gasteiger partial charge on any atom is 0.262 e. The van der Waals surface area contributed by atoms with Crippen LogP contribution in [0.15, 0.2) is 41.5 Å². The largest absolute Gasteiger partial charge is 0.491 e. The molecule has 9 heteroatoms. The fourth-order valence-electron chi connectivity index (χ4n) is 6.69. The lowest BCUT2D eigenvalue weighted by Gasteiger charge is -2.44. The van der Waals surface area contributed by atoms with Gasteiger partial charge in [0.25, 0.3) is 5.56 Å². The molecule has 1 spiro atoms. The molecular weight excluding hydrogens is 524 g/mol. The van der Waals surface area contributed by atoms with Gasteiger partial charge in [-0.2, -0.15) is 0 Å². The van der Waals surface area contributed by atoms with Crippen molar-refractivity contribution in [2.75, 3.05) is 26.2 Å². The number of rotatable bonds is 3. The number of amides is 2. The summed E-state index contributed by atoms with van der Waals surface area (Å²) in [6, 6.07) is 10.3. The average Bonchev–Trinajstić information content (AvgIpc) is 3.63. The van der Waals surface area contributed by atoms with Crippen LogP contribution in [0, 0.1) is 5.41 Å². The number of hydrogen-bond donors (Lipinski definition) is 0. The summed E-state index contributed by atoms with van der Waals surface area (Å²) in [6.07, 6.45) is 9.39. The maximum atomic E-state index is 14.1. The molecule has 8 nitrogen and oxygen atoms in total. The second-order valence-corrected chi connectivity index (χ2v) is 12.7. The van der Waals surface area contributed by atoms with Crippen LogP contribution in [0.3, 0.4) is 0 Å². The smallest absolute Gasteiger partial charge is 0.262 e. The van der Waals surface area contributed by atoms with Crippen LogP contribution in [0.2, 0.25) is 0 Å². The second-order valence-electron chi connectivity index (χ2n) is 11.5. The molecule has 0 unspecified atom stereocenters. The van der Waals surface area contributed by atoms with E-state index in [0.29, 0.717) is 37.9 Å². The topological polar surface area (TPSA) is 84.7 Å². The van der Waals surface area contributed by atoms with Gasteiger partial charge in [0.1, 0.15) is 23.7 Å². The van der Waals surface area contributed by atoms with Gasteiger partial charge >= 0.3 is 0 Å². The van der Waals surface area contributed by atoms with Crippen molar-refractivity contribution in [1.82, 2.24) is 19.4 Å². The lowest BCUT2D eigenvalue weighted by molar-refractivity contribution is -0.150. The van der Waals surface area contributed by atoms with Gasteiger partial charge in [-0.3, -0.25) is 19.0 Å². The minimum Gasteiger partial charge on any atom is -0.491 e. The van der Waals surface area contributed by atoms with Crippen LogP contribution >= 0.6 is 11.3 Å². The van der Waals surface area contributed by atoms with Crippen LogP contribution in [0.25, 0.3) is 10.2 Å². The monoisotopic (exact) mass is 562 g/mol. The first-order valence-corrected chi connectivity index (χ1v) is 15.6. The molecule has 5 heterocycles. The number of aromatic nitrogens is 2. The number of thiophene rings is 1. The zero-order valence-electron chi connectivity index (χ0n) is 23.3. The minimum absolute atomic E-state index is 0.0228. The van der Waals surface area contributed by atoms with Gasteiger partial charge in [-0.15, -0.1) is 11.3 Å². The Kier molecular flexibility index (Phi) is 7.66. The fourth-order valence-corrected chi connectivity index (χ4v) is 7.62. The molecule has 3 aliphatic rings. The normalized spacial score (nSPS) is 21.4. The molecule has 0 bridgehead atoms. The summed E-state index contributed by atoms with van der Waals surface area (Å²) in [4.78, 5) is 50.7. The fraction of sp³-hybridized carbons (Fsp3) is 0.548. The van der Waals surface area contributed by atoms with E-state index in [0.717, 1.165) is 66.9 Å². The van der Waals surface area contributed by atoms with E-state index in [1.807, 2.05) is 23.1 Å². The molecule has 2 amide bonds. The molecule has 2 saturated heterocycles.